The largest absolute Gasteiger partial charge is 0.367 e. The fraction of sp³-hybridized carbons (Fsp3) is 0.611. The van der Waals surface area contributed by atoms with Gasteiger partial charge in [-0.25, -0.2) is 0 Å². The third kappa shape index (κ3) is 3.48. The van der Waals surface area contributed by atoms with E-state index in [1.54, 1.807) is 0 Å². The molecule has 0 bridgehead atoms. The van der Waals surface area contributed by atoms with Gasteiger partial charge >= 0.3 is 0 Å². The van der Waals surface area contributed by atoms with E-state index < -0.39 is 24.3 Å². The van der Waals surface area contributed by atoms with Gasteiger partial charge in [0.25, 0.3) is 0 Å². The lowest BCUT2D eigenvalue weighted by Gasteiger charge is -2.25. The van der Waals surface area contributed by atoms with Crippen molar-refractivity contribution in [3.63, 3.8) is 0 Å². The fourth-order valence-corrected chi connectivity index (χ4v) is 3.00. The minimum atomic E-state index is -0.721. The number of hydrogen-bond donors (Lipinski definition) is 0. The zero-order valence-corrected chi connectivity index (χ0v) is 14.1. The molecule has 4 atom stereocenters. The molecule has 5 heteroatoms. The standard InChI is InChI=1S/C18H24O5/c1-5-13(19)14-15(16-17(21-14)23-18(3,4)22-16)20-10-12-8-6-11(2)7-9-12/h6-9,14-17H,5,10H2,1-4H3/t14-,15+,16-,17-/m1/s1. The highest BCUT2D eigenvalue weighted by atomic mass is 16.8. The van der Waals surface area contributed by atoms with E-state index in [-0.39, 0.29) is 11.9 Å². The lowest BCUT2D eigenvalue weighted by molar-refractivity contribution is -0.218. The number of fused-ring (bicyclic) bond motifs is 1. The van der Waals surface area contributed by atoms with Crippen LogP contribution in [0.2, 0.25) is 0 Å². The number of aryl methyl sites for hydroxylation is 1. The maximum atomic E-state index is 12.2. The molecular weight excluding hydrogens is 296 g/mol. The topological polar surface area (TPSA) is 54.0 Å². The monoisotopic (exact) mass is 320 g/mol. The molecule has 0 aromatic heterocycles. The average Bonchev–Trinajstić information content (AvgIpc) is 2.98. The van der Waals surface area contributed by atoms with Gasteiger partial charge in [0.05, 0.1) is 6.61 Å². The van der Waals surface area contributed by atoms with E-state index in [0.29, 0.717) is 13.0 Å². The summed E-state index contributed by atoms with van der Waals surface area (Å²) in [6, 6.07) is 8.13. The smallest absolute Gasteiger partial charge is 0.190 e. The number of ketones is 1. The van der Waals surface area contributed by atoms with Crippen LogP contribution in [0.4, 0.5) is 0 Å². The second kappa shape index (κ2) is 6.32. The molecule has 1 aromatic rings. The number of Topliss-reactive ketones (excluding diaryl/α,β-unsaturated/α-hetero) is 1. The molecule has 23 heavy (non-hydrogen) atoms. The van der Waals surface area contributed by atoms with Crippen molar-refractivity contribution in [2.45, 2.75) is 71.1 Å². The highest BCUT2D eigenvalue weighted by Crippen LogP contribution is 2.39. The van der Waals surface area contributed by atoms with Gasteiger partial charge in [-0.15, -0.1) is 0 Å². The summed E-state index contributed by atoms with van der Waals surface area (Å²) in [5.74, 6) is -0.709. The van der Waals surface area contributed by atoms with Crippen molar-refractivity contribution in [2.24, 2.45) is 0 Å². The molecule has 126 valence electrons. The second-order valence-electron chi connectivity index (χ2n) is 6.61. The fourth-order valence-electron chi connectivity index (χ4n) is 3.00. The Labute approximate surface area is 136 Å². The lowest BCUT2D eigenvalue weighted by Crippen LogP contribution is -2.40. The van der Waals surface area contributed by atoms with E-state index in [4.69, 9.17) is 18.9 Å². The Kier molecular flexibility index (Phi) is 4.56. The molecule has 0 unspecified atom stereocenters. The Bertz CT molecular complexity index is 565. The van der Waals surface area contributed by atoms with Gasteiger partial charge in [-0.1, -0.05) is 36.8 Å². The maximum Gasteiger partial charge on any atom is 0.190 e. The molecule has 0 amide bonds. The summed E-state index contributed by atoms with van der Waals surface area (Å²) in [5, 5.41) is 0. The molecule has 5 nitrogen and oxygen atoms in total. The number of rotatable bonds is 5. The quantitative estimate of drug-likeness (QED) is 0.835. The van der Waals surface area contributed by atoms with Crippen molar-refractivity contribution in [1.82, 2.24) is 0 Å². The van der Waals surface area contributed by atoms with Crippen molar-refractivity contribution in [3.8, 4) is 0 Å². The highest BCUT2D eigenvalue weighted by Gasteiger charge is 2.56. The Hall–Kier alpha value is -1.27. The van der Waals surface area contributed by atoms with Crippen LogP contribution in [0.3, 0.4) is 0 Å². The van der Waals surface area contributed by atoms with Crippen molar-refractivity contribution in [2.75, 3.05) is 0 Å². The van der Waals surface area contributed by atoms with Crippen LogP contribution in [0, 0.1) is 6.92 Å². The zero-order valence-electron chi connectivity index (χ0n) is 14.1. The maximum absolute atomic E-state index is 12.2. The minimum absolute atomic E-state index is 0.0123. The van der Waals surface area contributed by atoms with E-state index in [1.807, 2.05) is 52.0 Å². The SMILES string of the molecule is CCC(=O)[C@H]1O[C@@H]2OC(C)(C)O[C@@H]2[C@H]1OCc1ccc(C)cc1. The van der Waals surface area contributed by atoms with Crippen molar-refractivity contribution in [3.05, 3.63) is 35.4 Å². The summed E-state index contributed by atoms with van der Waals surface area (Å²) >= 11 is 0. The first-order valence-corrected chi connectivity index (χ1v) is 8.10. The van der Waals surface area contributed by atoms with Gasteiger partial charge in [-0.3, -0.25) is 4.79 Å². The van der Waals surface area contributed by atoms with Crippen LogP contribution in [0.1, 0.15) is 38.3 Å². The van der Waals surface area contributed by atoms with Crippen molar-refractivity contribution in [1.29, 1.82) is 0 Å². The van der Waals surface area contributed by atoms with Crippen molar-refractivity contribution < 1.29 is 23.7 Å². The third-order valence-electron chi connectivity index (χ3n) is 4.22. The molecule has 0 radical (unpaired) electrons. The Morgan fingerprint density at radius 3 is 2.57 bits per heavy atom. The molecule has 0 saturated carbocycles. The summed E-state index contributed by atoms with van der Waals surface area (Å²) < 4.78 is 23.4. The van der Waals surface area contributed by atoms with Crippen LogP contribution in [-0.2, 0) is 30.3 Å². The van der Waals surface area contributed by atoms with E-state index in [0.717, 1.165) is 5.56 Å². The number of ether oxygens (including phenoxy) is 4. The first kappa shape index (κ1) is 16.6. The van der Waals surface area contributed by atoms with E-state index >= 15 is 0 Å². The van der Waals surface area contributed by atoms with Crippen LogP contribution in [0.5, 0.6) is 0 Å². The second-order valence-corrected chi connectivity index (χ2v) is 6.61. The van der Waals surface area contributed by atoms with Gasteiger partial charge in [0.1, 0.15) is 18.3 Å². The molecule has 3 rings (SSSR count). The normalized spacial score (nSPS) is 32.0. The minimum Gasteiger partial charge on any atom is -0.367 e. The summed E-state index contributed by atoms with van der Waals surface area (Å²) in [4.78, 5) is 12.2. The summed E-state index contributed by atoms with van der Waals surface area (Å²) in [6.45, 7) is 7.95. The highest BCUT2D eigenvalue weighted by molar-refractivity contribution is 5.83. The molecule has 2 heterocycles. The van der Waals surface area contributed by atoms with Gasteiger partial charge in [-0.2, -0.15) is 0 Å². The predicted octanol–water partition coefficient (Wildman–Crippen LogP) is 2.74. The first-order valence-electron chi connectivity index (χ1n) is 8.10. The molecule has 2 aliphatic rings. The van der Waals surface area contributed by atoms with Gasteiger partial charge in [-0.05, 0) is 26.3 Å². The molecule has 0 N–H and O–H groups in total. The summed E-state index contributed by atoms with van der Waals surface area (Å²) in [7, 11) is 0. The van der Waals surface area contributed by atoms with E-state index in [9.17, 15) is 4.79 Å². The van der Waals surface area contributed by atoms with Crippen LogP contribution in [0.15, 0.2) is 24.3 Å². The summed E-state index contributed by atoms with van der Waals surface area (Å²) in [6.07, 6.45) is -1.60. The number of carbonyl (C=O) groups excluding carboxylic acids is 1. The van der Waals surface area contributed by atoms with E-state index in [2.05, 4.69) is 0 Å². The third-order valence-corrected chi connectivity index (χ3v) is 4.22. The Morgan fingerprint density at radius 2 is 1.91 bits per heavy atom. The molecule has 2 fully saturated rings. The predicted molar refractivity (Wildman–Crippen MR) is 83.8 cm³/mol. The average molecular weight is 320 g/mol. The lowest BCUT2D eigenvalue weighted by atomic mass is 10.1. The van der Waals surface area contributed by atoms with Crippen LogP contribution >= 0.6 is 0 Å². The van der Waals surface area contributed by atoms with Gasteiger partial charge in [0, 0.05) is 6.42 Å². The van der Waals surface area contributed by atoms with Crippen LogP contribution < -0.4 is 0 Å². The van der Waals surface area contributed by atoms with Crippen LogP contribution in [-0.4, -0.2) is 36.2 Å². The molecule has 0 spiro atoms. The molecular formula is C18H24O5. The summed E-state index contributed by atoms with van der Waals surface area (Å²) in [5.41, 5.74) is 2.26. The van der Waals surface area contributed by atoms with Crippen molar-refractivity contribution >= 4 is 5.78 Å². The Balaban J connectivity index is 1.72. The molecule has 0 aliphatic carbocycles. The van der Waals surface area contributed by atoms with Gasteiger partial charge < -0.3 is 18.9 Å². The molecule has 1 aromatic carbocycles. The molecule has 2 aliphatic heterocycles. The van der Waals surface area contributed by atoms with E-state index in [1.165, 1.54) is 5.56 Å². The van der Waals surface area contributed by atoms with Gasteiger partial charge in [0.15, 0.2) is 17.9 Å². The number of benzene rings is 1. The van der Waals surface area contributed by atoms with Gasteiger partial charge in [0.2, 0.25) is 0 Å². The number of carbonyl (C=O) groups is 1. The van der Waals surface area contributed by atoms with Crippen LogP contribution in [0.25, 0.3) is 0 Å². The Morgan fingerprint density at radius 1 is 1.22 bits per heavy atom. The molecule has 2 saturated heterocycles. The number of hydrogen-bond acceptors (Lipinski definition) is 5. The zero-order chi connectivity index (χ0) is 16.6. The first-order chi connectivity index (χ1) is 10.9.